The van der Waals surface area contributed by atoms with Crippen LogP contribution in [0.2, 0.25) is 0 Å². The molecule has 1 N–H and O–H groups in total. The maximum absolute atomic E-state index is 9.13. The third-order valence-electron chi connectivity index (χ3n) is 3.84. The van der Waals surface area contributed by atoms with Crippen LogP contribution in [-0.2, 0) is 0 Å². The fourth-order valence-electron chi connectivity index (χ4n) is 2.84. The van der Waals surface area contributed by atoms with E-state index in [1.165, 1.54) is 12.0 Å². The van der Waals surface area contributed by atoms with Crippen LogP contribution in [0.3, 0.4) is 0 Å². The van der Waals surface area contributed by atoms with Crippen molar-refractivity contribution in [1.29, 1.82) is 0 Å². The Bertz CT molecular complexity index is 276. The third kappa shape index (κ3) is 1.28. The zero-order valence-electron chi connectivity index (χ0n) is 8.92. The maximum atomic E-state index is 9.13. The van der Waals surface area contributed by atoms with Crippen LogP contribution in [0, 0.1) is 11.3 Å². The highest BCUT2D eigenvalue weighted by Crippen LogP contribution is 2.58. The van der Waals surface area contributed by atoms with E-state index in [9.17, 15) is 0 Å². The van der Waals surface area contributed by atoms with Crippen LogP contribution in [0.4, 0.5) is 0 Å². The first kappa shape index (κ1) is 9.75. The van der Waals surface area contributed by atoms with Crippen molar-refractivity contribution in [2.45, 2.75) is 45.4 Å². The molecule has 0 aliphatic heterocycles. The summed E-state index contributed by atoms with van der Waals surface area (Å²) in [6.07, 6.45) is 6.91. The fourth-order valence-corrected chi connectivity index (χ4v) is 2.84. The maximum Gasteiger partial charge on any atom is 0.0703 e. The minimum atomic E-state index is 0.132. The zero-order valence-corrected chi connectivity index (χ0v) is 8.92. The van der Waals surface area contributed by atoms with Gasteiger partial charge in [0.2, 0.25) is 0 Å². The lowest BCUT2D eigenvalue weighted by Crippen LogP contribution is -2.31. The highest BCUT2D eigenvalue weighted by molar-refractivity contribution is 5.97. The Balaban J connectivity index is 2.20. The van der Waals surface area contributed by atoms with Crippen LogP contribution in [0.15, 0.2) is 17.3 Å². The van der Waals surface area contributed by atoms with Crippen molar-refractivity contribution in [3.63, 3.8) is 0 Å². The van der Waals surface area contributed by atoms with Crippen LogP contribution in [0.5, 0.6) is 0 Å². The molecule has 0 radical (unpaired) electrons. The molecular weight excluding hydrogens is 174 g/mol. The summed E-state index contributed by atoms with van der Waals surface area (Å²) >= 11 is 0. The van der Waals surface area contributed by atoms with Gasteiger partial charge in [0, 0.05) is 11.3 Å². The summed E-state index contributed by atoms with van der Waals surface area (Å²) in [6, 6.07) is 0. The summed E-state index contributed by atoms with van der Waals surface area (Å²) in [7, 11) is 0. The molecule has 0 aromatic carbocycles. The lowest BCUT2D eigenvalue weighted by molar-refractivity contribution is 0.304. The Hall–Kier alpha value is -0.790. The summed E-state index contributed by atoms with van der Waals surface area (Å²) in [5.41, 5.74) is 2.47. The predicted molar refractivity (Wildman–Crippen MR) is 57.7 cm³/mol. The molecule has 14 heavy (non-hydrogen) atoms. The summed E-state index contributed by atoms with van der Waals surface area (Å²) in [5, 5.41) is 12.7. The van der Waals surface area contributed by atoms with Crippen LogP contribution >= 0.6 is 0 Å². The van der Waals surface area contributed by atoms with Gasteiger partial charge in [0.05, 0.1) is 5.71 Å². The quantitative estimate of drug-likeness (QED) is 0.407. The van der Waals surface area contributed by atoms with Crippen molar-refractivity contribution in [2.75, 3.05) is 0 Å². The number of oxime groups is 1. The van der Waals surface area contributed by atoms with Gasteiger partial charge in [0.1, 0.15) is 0 Å². The molecular formula is C12H19NO. The molecule has 1 unspecified atom stereocenters. The topological polar surface area (TPSA) is 32.6 Å². The first-order chi connectivity index (χ1) is 6.74. The molecule has 2 saturated carbocycles. The molecule has 2 aliphatic carbocycles. The number of rotatable bonds is 2. The number of hydrogen-bond acceptors (Lipinski definition) is 2. The molecule has 0 heterocycles. The van der Waals surface area contributed by atoms with Crippen LogP contribution in [0.25, 0.3) is 0 Å². The summed E-state index contributed by atoms with van der Waals surface area (Å²) in [6.45, 7) is 6.32. The smallest absolute Gasteiger partial charge is 0.0703 e. The SMILES string of the molecule is C=C1CCC(CCC)/C(=N\O)C12CC2. The third-order valence-corrected chi connectivity index (χ3v) is 3.84. The van der Waals surface area contributed by atoms with Crippen molar-refractivity contribution in [1.82, 2.24) is 0 Å². The van der Waals surface area contributed by atoms with Crippen molar-refractivity contribution in [3.8, 4) is 0 Å². The second-order valence-electron chi connectivity index (χ2n) is 4.70. The second kappa shape index (κ2) is 3.41. The van der Waals surface area contributed by atoms with E-state index in [1.54, 1.807) is 0 Å². The van der Waals surface area contributed by atoms with Gasteiger partial charge in [-0.1, -0.05) is 30.7 Å². The lowest BCUT2D eigenvalue weighted by Gasteiger charge is -2.32. The average Bonchev–Trinajstić information content (AvgIpc) is 2.94. The molecule has 1 atom stereocenters. The zero-order chi connectivity index (χ0) is 10.2. The highest BCUT2D eigenvalue weighted by atomic mass is 16.4. The van der Waals surface area contributed by atoms with E-state index in [-0.39, 0.29) is 5.41 Å². The van der Waals surface area contributed by atoms with Crippen LogP contribution in [0.1, 0.15) is 45.4 Å². The van der Waals surface area contributed by atoms with Gasteiger partial charge in [-0.3, -0.25) is 0 Å². The lowest BCUT2D eigenvalue weighted by atomic mass is 9.73. The Labute approximate surface area is 85.7 Å². The number of hydrogen-bond donors (Lipinski definition) is 1. The Kier molecular flexibility index (Phi) is 2.38. The average molecular weight is 193 g/mol. The van der Waals surface area contributed by atoms with Gasteiger partial charge in [-0.15, -0.1) is 0 Å². The van der Waals surface area contributed by atoms with Gasteiger partial charge in [-0.25, -0.2) is 0 Å². The normalized spacial score (nSPS) is 32.5. The molecule has 2 heteroatoms. The van der Waals surface area contributed by atoms with Gasteiger partial charge >= 0.3 is 0 Å². The van der Waals surface area contributed by atoms with E-state index in [4.69, 9.17) is 5.21 Å². The largest absolute Gasteiger partial charge is 0.411 e. The first-order valence-electron chi connectivity index (χ1n) is 5.65. The summed E-state index contributed by atoms with van der Waals surface area (Å²) in [5.74, 6) is 0.512. The van der Waals surface area contributed by atoms with Crippen LogP contribution < -0.4 is 0 Å². The minimum absolute atomic E-state index is 0.132. The van der Waals surface area contributed by atoms with Gasteiger partial charge in [0.15, 0.2) is 0 Å². The molecule has 0 saturated heterocycles. The monoisotopic (exact) mass is 193 g/mol. The summed E-state index contributed by atoms with van der Waals surface area (Å²) < 4.78 is 0. The summed E-state index contributed by atoms with van der Waals surface area (Å²) in [4.78, 5) is 0. The van der Waals surface area contributed by atoms with Crippen molar-refractivity contribution < 1.29 is 5.21 Å². The van der Waals surface area contributed by atoms with E-state index in [2.05, 4.69) is 18.7 Å². The van der Waals surface area contributed by atoms with Gasteiger partial charge in [-0.05, 0) is 32.1 Å². The predicted octanol–water partition coefficient (Wildman–Crippen LogP) is 3.36. The Morgan fingerprint density at radius 2 is 2.29 bits per heavy atom. The van der Waals surface area contributed by atoms with Crippen molar-refractivity contribution in [3.05, 3.63) is 12.2 Å². The molecule has 0 aromatic rings. The van der Waals surface area contributed by atoms with Crippen molar-refractivity contribution in [2.24, 2.45) is 16.5 Å². The van der Waals surface area contributed by atoms with E-state index < -0.39 is 0 Å². The molecule has 0 aromatic heterocycles. The van der Waals surface area contributed by atoms with E-state index in [0.717, 1.165) is 37.8 Å². The number of nitrogens with zero attached hydrogens (tertiary/aromatic N) is 1. The van der Waals surface area contributed by atoms with E-state index >= 15 is 0 Å². The standard InChI is InChI=1S/C12H19NO/c1-3-4-10-6-5-9(2)12(7-8-12)11(10)13-14/h10,14H,2-8H2,1H3/b13-11+. The molecule has 0 amide bonds. The van der Waals surface area contributed by atoms with Gasteiger partial charge in [-0.2, -0.15) is 0 Å². The molecule has 2 nitrogen and oxygen atoms in total. The van der Waals surface area contributed by atoms with Crippen LogP contribution in [-0.4, -0.2) is 10.9 Å². The van der Waals surface area contributed by atoms with Gasteiger partial charge in [0.25, 0.3) is 0 Å². The molecule has 2 rings (SSSR count). The molecule has 1 spiro atoms. The molecule has 2 fully saturated rings. The van der Waals surface area contributed by atoms with Crippen molar-refractivity contribution >= 4 is 5.71 Å². The first-order valence-corrected chi connectivity index (χ1v) is 5.65. The minimum Gasteiger partial charge on any atom is -0.411 e. The Morgan fingerprint density at radius 1 is 1.57 bits per heavy atom. The fraction of sp³-hybridized carbons (Fsp3) is 0.750. The Morgan fingerprint density at radius 3 is 2.79 bits per heavy atom. The molecule has 78 valence electrons. The second-order valence-corrected chi connectivity index (χ2v) is 4.70. The molecule has 2 aliphatic rings. The highest BCUT2D eigenvalue weighted by Gasteiger charge is 2.53. The molecule has 0 bridgehead atoms. The van der Waals surface area contributed by atoms with E-state index in [0.29, 0.717) is 5.92 Å². The van der Waals surface area contributed by atoms with E-state index in [1.807, 2.05) is 0 Å². The number of allylic oxidation sites excluding steroid dienone is 1. The van der Waals surface area contributed by atoms with Gasteiger partial charge < -0.3 is 5.21 Å².